The van der Waals surface area contributed by atoms with Gasteiger partial charge >= 0.3 is 0 Å². The standard InChI is InChI=1S/C18H18O4/c1-3-22-18-12-13(5-11-17(18)21-2)4-10-16(20)14-6-8-15(19)9-7-14/h4-12,19H,3H2,1-2H3. The number of rotatable bonds is 6. The normalized spacial score (nSPS) is 10.6. The molecule has 0 aliphatic heterocycles. The number of carbonyl (C=O) groups excluding carboxylic acids is 1. The van der Waals surface area contributed by atoms with E-state index < -0.39 is 0 Å². The predicted octanol–water partition coefficient (Wildman–Crippen LogP) is 3.70. The fourth-order valence-corrected chi connectivity index (χ4v) is 1.96. The third-order valence-corrected chi connectivity index (χ3v) is 3.07. The molecule has 0 unspecified atom stereocenters. The second kappa shape index (κ2) is 7.31. The molecule has 0 atom stereocenters. The molecule has 0 aromatic heterocycles. The molecule has 4 nitrogen and oxygen atoms in total. The Labute approximate surface area is 129 Å². The lowest BCUT2D eigenvalue weighted by Crippen LogP contribution is -1.96. The first-order valence-corrected chi connectivity index (χ1v) is 6.96. The molecule has 4 heteroatoms. The van der Waals surface area contributed by atoms with Gasteiger partial charge in [0.15, 0.2) is 17.3 Å². The molecule has 2 aromatic rings. The van der Waals surface area contributed by atoms with Crippen molar-refractivity contribution in [1.29, 1.82) is 0 Å². The van der Waals surface area contributed by atoms with Crippen LogP contribution in [0.25, 0.3) is 6.08 Å². The summed E-state index contributed by atoms with van der Waals surface area (Å²) in [5.41, 5.74) is 1.36. The van der Waals surface area contributed by atoms with Crippen LogP contribution in [0.1, 0.15) is 22.8 Å². The lowest BCUT2D eigenvalue weighted by Gasteiger charge is -2.09. The van der Waals surface area contributed by atoms with Crippen LogP contribution in [0.4, 0.5) is 0 Å². The Bertz CT molecular complexity index is 672. The van der Waals surface area contributed by atoms with Gasteiger partial charge in [0.1, 0.15) is 5.75 Å². The molecule has 1 N–H and O–H groups in total. The van der Waals surface area contributed by atoms with E-state index in [0.29, 0.717) is 23.7 Å². The zero-order chi connectivity index (χ0) is 15.9. The van der Waals surface area contributed by atoms with Gasteiger partial charge in [0, 0.05) is 5.56 Å². The maximum atomic E-state index is 12.0. The van der Waals surface area contributed by atoms with Crippen molar-refractivity contribution in [1.82, 2.24) is 0 Å². The molecule has 0 aliphatic rings. The highest BCUT2D eigenvalue weighted by Crippen LogP contribution is 2.28. The third kappa shape index (κ3) is 3.88. The second-order valence-corrected chi connectivity index (χ2v) is 4.59. The summed E-state index contributed by atoms with van der Waals surface area (Å²) in [6.07, 6.45) is 3.21. The molecule has 0 bridgehead atoms. The molecular formula is C18H18O4. The number of phenolic OH excluding ortho intramolecular Hbond substituents is 1. The van der Waals surface area contributed by atoms with Crippen molar-refractivity contribution < 1.29 is 19.4 Å². The number of benzene rings is 2. The van der Waals surface area contributed by atoms with E-state index in [1.165, 1.54) is 18.2 Å². The summed E-state index contributed by atoms with van der Waals surface area (Å²) >= 11 is 0. The number of aromatic hydroxyl groups is 1. The van der Waals surface area contributed by atoms with Gasteiger partial charge in [-0.3, -0.25) is 4.79 Å². The largest absolute Gasteiger partial charge is 0.508 e. The van der Waals surface area contributed by atoms with Crippen LogP contribution in [0.15, 0.2) is 48.5 Å². The van der Waals surface area contributed by atoms with Crippen molar-refractivity contribution in [2.24, 2.45) is 0 Å². The lowest BCUT2D eigenvalue weighted by molar-refractivity contribution is 0.104. The molecule has 0 amide bonds. The molecular weight excluding hydrogens is 280 g/mol. The molecule has 114 valence electrons. The summed E-state index contributed by atoms with van der Waals surface area (Å²) < 4.78 is 10.7. The maximum Gasteiger partial charge on any atom is 0.185 e. The third-order valence-electron chi connectivity index (χ3n) is 3.07. The molecule has 0 spiro atoms. The zero-order valence-electron chi connectivity index (χ0n) is 12.6. The lowest BCUT2D eigenvalue weighted by atomic mass is 10.1. The minimum absolute atomic E-state index is 0.131. The Morgan fingerprint density at radius 2 is 1.86 bits per heavy atom. The van der Waals surface area contributed by atoms with E-state index in [9.17, 15) is 9.90 Å². The van der Waals surface area contributed by atoms with Crippen LogP contribution < -0.4 is 9.47 Å². The highest BCUT2D eigenvalue weighted by molar-refractivity contribution is 6.06. The molecule has 0 saturated heterocycles. The second-order valence-electron chi connectivity index (χ2n) is 4.59. The monoisotopic (exact) mass is 298 g/mol. The quantitative estimate of drug-likeness (QED) is 0.652. The first kappa shape index (κ1) is 15.6. The Morgan fingerprint density at radius 3 is 2.50 bits per heavy atom. The van der Waals surface area contributed by atoms with Crippen molar-refractivity contribution in [3.05, 3.63) is 59.7 Å². The number of ether oxygens (including phenoxy) is 2. The molecule has 0 radical (unpaired) electrons. The van der Waals surface area contributed by atoms with Crippen molar-refractivity contribution >= 4 is 11.9 Å². The van der Waals surface area contributed by atoms with Crippen molar-refractivity contribution in [3.8, 4) is 17.2 Å². The first-order valence-electron chi connectivity index (χ1n) is 6.96. The predicted molar refractivity (Wildman–Crippen MR) is 85.6 cm³/mol. The fourth-order valence-electron chi connectivity index (χ4n) is 1.96. The van der Waals surface area contributed by atoms with Gasteiger partial charge in [0.2, 0.25) is 0 Å². The molecule has 2 rings (SSSR count). The minimum atomic E-state index is -0.131. The van der Waals surface area contributed by atoms with E-state index in [2.05, 4.69) is 0 Å². The van der Waals surface area contributed by atoms with Crippen LogP contribution in [0.5, 0.6) is 17.2 Å². The van der Waals surface area contributed by atoms with E-state index in [1.807, 2.05) is 19.1 Å². The van der Waals surface area contributed by atoms with E-state index >= 15 is 0 Å². The smallest absolute Gasteiger partial charge is 0.185 e. The van der Waals surface area contributed by atoms with Crippen LogP contribution in [0.2, 0.25) is 0 Å². The van der Waals surface area contributed by atoms with Gasteiger partial charge in [-0.1, -0.05) is 12.1 Å². The van der Waals surface area contributed by atoms with Crippen LogP contribution in [-0.4, -0.2) is 24.6 Å². The topological polar surface area (TPSA) is 55.8 Å². The van der Waals surface area contributed by atoms with Gasteiger partial charge in [-0.25, -0.2) is 0 Å². The summed E-state index contributed by atoms with van der Waals surface area (Å²) in [7, 11) is 1.59. The van der Waals surface area contributed by atoms with Gasteiger partial charge in [0.05, 0.1) is 13.7 Å². The van der Waals surface area contributed by atoms with Crippen LogP contribution >= 0.6 is 0 Å². The zero-order valence-corrected chi connectivity index (χ0v) is 12.6. The van der Waals surface area contributed by atoms with Crippen LogP contribution in [-0.2, 0) is 0 Å². The molecule has 0 aliphatic carbocycles. The number of methoxy groups -OCH3 is 1. The first-order chi connectivity index (χ1) is 10.6. The number of hydrogen-bond acceptors (Lipinski definition) is 4. The Balaban J connectivity index is 2.17. The molecule has 0 fully saturated rings. The Kier molecular flexibility index (Phi) is 5.20. The maximum absolute atomic E-state index is 12.0. The van der Waals surface area contributed by atoms with Crippen molar-refractivity contribution in [2.75, 3.05) is 13.7 Å². The number of hydrogen-bond donors (Lipinski definition) is 1. The Morgan fingerprint density at radius 1 is 1.14 bits per heavy atom. The number of carbonyl (C=O) groups is 1. The summed E-state index contributed by atoms with van der Waals surface area (Å²) in [4.78, 5) is 12.0. The van der Waals surface area contributed by atoms with Gasteiger partial charge in [0.25, 0.3) is 0 Å². The molecule has 0 saturated carbocycles. The highest BCUT2D eigenvalue weighted by Gasteiger charge is 2.05. The highest BCUT2D eigenvalue weighted by atomic mass is 16.5. The Hall–Kier alpha value is -2.75. The average molecular weight is 298 g/mol. The number of phenols is 1. The van der Waals surface area contributed by atoms with Crippen LogP contribution in [0, 0.1) is 0 Å². The average Bonchev–Trinajstić information content (AvgIpc) is 2.54. The molecule has 0 heterocycles. The van der Waals surface area contributed by atoms with Gasteiger partial charge in [-0.15, -0.1) is 0 Å². The fraction of sp³-hybridized carbons (Fsp3) is 0.167. The summed E-state index contributed by atoms with van der Waals surface area (Å²) in [6.45, 7) is 2.44. The van der Waals surface area contributed by atoms with Crippen molar-refractivity contribution in [3.63, 3.8) is 0 Å². The van der Waals surface area contributed by atoms with Crippen molar-refractivity contribution in [2.45, 2.75) is 6.92 Å². The van der Waals surface area contributed by atoms with Gasteiger partial charge in [-0.2, -0.15) is 0 Å². The SMILES string of the molecule is CCOc1cc(C=CC(=O)c2ccc(O)cc2)ccc1OC. The number of ketones is 1. The molecule has 2 aromatic carbocycles. The van der Waals surface area contributed by atoms with E-state index in [4.69, 9.17) is 9.47 Å². The summed E-state index contributed by atoms with van der Waals surface area (Å²) in [5.74, 6) is 1.30. The molecule has 22 heavy (non-hydrogen) atoms. The van der Waals surface area contributed by atoms with Gasteiger partial charge < -0.3 is 14.6 Å². The number of allylic oxidation sites excluding steroid dienone is 1. The minimum Gasteiger partial charge on any atom is -0.508 e. The summed E-state index contributed by atoms with van der Waals surface area (Å²) in [5, 5.41) is 9.22. The van der Waals surface area contributed by atoms with E-state index in [1.54, 1.807) is 31.4 Å². The van der Waals surface area contributed by atoms with E-state index in [-0.39, 0.29) is 11.5 Å². The van der Waals surface area contributed by atoms with Crippen LogP contribution in [0.3, 0.4) is 0 Å². The van der Waals surface area contributed by atoms with E-state index in [0.717, 1.165) is 5.56 Å². The summed E-state index contributed by atoms with van der Waals surface area (Å²) in [6, 6.07) is 11.6. The van der Waals surface area contributed by atoms with Gasteiger partial charge in [-0.05, 0) is 55.0 Å².